The Morgan fingerprint density at radius 2 is 1.90 bits per heavy atom. The summed E-state index contributed by atoms with van der Waals surface area (Å²) in [5.41, 5.74) is 6.24. The number of anilines is 1. The zero-order valence-corrected chi connectivity index (χ0v) is 17.4. The van der Waals surface area contributed by atoms with E-state index in [1.165, 1.54) is 31.4 Å². The van der Waals surface area contributed by atoms with E-state index in [0.29, 0.717) is 10.6 Å². The number of carbonyl (C=O) groups excluding carboxylic acids is 4. The van der Waals surface area contributed by atoms with Gasteiger partial charge in [-0.1, -0.05) is 23.7 Å². The lowest BCUT2D eigenvalue weighted by Crippen LogP contribution is -2.54. The molecule has 1 aliphatic rings. The fourth-order valence-corrected chi connectivity index (χ4v) is 3.00. The Balaban J connectivity index is 1.96. The monoisotopic (exact) mass is 443 g/mol. The van der Waals surface area contributed by atoms with Crippen LogP contribution in [0.2, 0.25) is 5.02 Å². The number of imide groups is 2. The minimum atomic E-state index is -0.875. The van der Waals surface area contributed by atoms with Crippen molar-refractivity contribution in [3.63, 3.8) is 0 Å². The molecule has 2 aromatic carbocycles. The van der Waals surface area contributed by atoms with Gasteiger partial charge in [0, 0.05) is 5.02 Å². The molecule has 0 spiro atoms. The highest BCUT2D eigenvalue weighted by Gasteiger charge is 2.37. The van der Waals surface area contributed by atoms with E-state index in [-0.39, 0.29) is 29.4 Å². The molecule has 31 heavy (non-hydrogen) atoms. The maximum absolute atomic E-state index is 13.0. The van der Waals surface area contributed by atoms with E-state index in [1.54, 1.807) is 25.1 Å². The number of hydrogen-bond donors (Lipinski definition) is 2. The van der Waals surface area contributed by atoms with Gasteiger partial charge in [0.05, 0.1) is 12.8 Å². The van der Waals surface area contributed by atoms with Crippen molar-refractivity contribution in [3.05, 3.63) is 58.1 Å². The van der Waals surface area contributed by atoms with Crippen LogP contribution in [0.15, 0.2) is 42.0 Å². The van der Waals surface area contributed by atoms with E-state index in [9.17, 15) is 19.2 Å². The first kappa shape index (κ1) is 21.8. The second kappa shape index (κ2) is 8.88. The van der Waals surface area contributed by atoms with Crippen molar-refractivity contribution in [3.8, 4) is 11.5 Å². The van der Waals surface area contributed by atoms with Crippen LogP contribution in [-0.4, -0.2) is 37.5 Å². The Labute approximate surface area is 182 Å². The Kier molecular flexibility index (Phi) is 6.26. The number of ether oxygens (including phenoxy) is 2. The molecule has 1 aliphatic heterocycles. The number of nitrogens with two attached hydrogens (primary N) is 1. The second-order valence-corrected chi connectivity index (χ2v) is 6.96. The van der Waals surface area contributed by atoms with Gasteiger partial charge in [-0.05, 0) is 48.4 Å². The van der Waals surface area contributed by atoms with Crippen LogP contribution in [-0.2, 0) is 14.4 Å². The first-order valence-corrected chi connectivity index (χ1v) is 9.36. The predicted molar refractivity (Wildman–Crippen MR) is 113 cm³/mol. The number of primary amides is 1. The molecule has 1 heterocycles. The third-order valence-corrected chi connectivity index (χ3v) is 4.79. The number of nitrogens with one attached hydrogen (secondary N) is 1. The van der Waals surface area contributed by atoms with Gasteiger partial charge in [-0.3, -0.25) is 19.7 Å². The molecule has 0 radical (unpaired) electrons. The molecule has 2 aromatic rings. The van der Waals surface area contributed by atoms with Crippen molar-refractivity contribution in [2.45, 2.75) is 6.92 Å². The molecule has 0 aliphatic carbocycles. The standard InChI is InChI=1S/C21H18ClN3O6/c1-11-3-5-13(9-15(11)22)25-20(28)14(19(27)24-21(25)29)7-12-4-6-16(17(8-12)30-2)31-10-18(23)26/h3-9H,10H2,1-2H3,(H2,23,26)(H,24,27,29)/b14-7+. The number of halogens is 1. The zero-order chi connectivity index (χ0) is 22.7. The Morgan fingerprint density at radius 1 is 1.16 bits per heavy atom. The van der Waals surface area contributed by atoms with E-state index in [4.69, 9.17) is 26.8 Å². The summed E-state index contributed by atoms with van der Waals surface area (Å²) in [6.45, 7) is 1.44. The van der Waals surface area contributed by atoms with Gasteiger partial charge in [0.1, 0.15) is 5.57 Å². The molecule has 5 amide bonds. The molecule has 0 atom stereocenters. The molecule has 0 saturated carbocycles. The summed E-state index contributed by atoms with van der Waals surface area (Å²) in [7, 11) is 1.39. The number of nitrogens with zero attached hydrogens (tertiary/aromatic N) is 1. The molecular weight excluding hydrogens is 426 g/mol. The minimum Gasteiger partial charge on any atom is -0.493 e. The van der Waals surface area contributed by atoms with Crippen LogP contribution in [0.3, 0.4) is 0 Å². The van der Waals surface area contributed by atoms with Crippen molar-refractivity contribution in [2.24, 2.45) is 5.73 Å². The summed E-state index contributed by atoms with van der Waals surface area (Å²) >= 11 is 6.11. The number of carbonyl (C=O) groups is 4. The van der Waals surface area contributed by atoms with Crippen molar-refractivity contribution < 1.29 is 28.7 Å². The van der Waals surface area contributed by atoms with Crippen LogP contribution in [0.5, 0.6) is 11.5 Å². The average molecular weight is 444 g/mol. The molecule has 3 N–H and O–H groups in total. The lowest BCUT2D eigenvalue weighted by atomic mass is 10.1. The van der Waals surface area contributed by atoms with Crippen LogP contribution in [0.4, 0.5) is 10.5 Å². The highest BCUT2D eigenvalue weighted by atomic mass is 35.5. The molecule has 0 unspecified atom stereocenters. The van der Waals surface area contributed by atoms with E-state index in [0.717, 1.165) is 10.5 Å². The SMILES string of the molecule is COc1cc(/C=C2\C(=O)NC(=O)N(c3ccc(C)c(Cl)c3)C2=O)ccc1OCC(N)=O. The van der Waals surface area contributed by atoms with Crippen molar-refractivity contribution in [1.82, 2.24) is 5.32 Å². The fraction of sp³-hybridized carbons (Fsp3) is 0.143. The maximum atomic E-state index is 13.0. The highest BCUT2D eigenvalue weighted by Crippen LogP contribution is 2.30. The van der Waals surface area contributed by atoms with Gasteiger partial charge < -0.3 is 15.2 Å². The van der Waals surface area contributed by atoms with Gasteiger partial charge in [0.2, 0.25) is 0 Å². The number of benzene rings is 2. The summed E-state index contributed by atoms with van der Waals surface area (Å²) in [6.07, 6.45) is 1.31. The third kappa shape index (κ3) is 4.67. The smallest absolute Gasteiger partial charge is 0.335 e. The zero-order valence-electron chi connectivity index (χ0n) is 16.6. The maximum Gasteiger partial charge on any atom is 0.335 e. The molecule has 0 aromatic heterocycles. The van der Waals surface area contributed by atoms with Crippen molar-refractivity contribution in [1.29, 1.82) is 0 Å². The van der Waals surface area contributed by atoms with Gasteiger partial charge in [-0.25, -0.2) is 9.69 Å². The first-order valence-electron chi connectivity index (χ1n) is 8.98. The molecule has 0 bridgehead atoms. The molecule has 3 rings (SSSR count). The Morgan fingerprint density at radius 3 is 2.55 bits per heavy atom. The number of barbiturate groups is 1. The van der Waals surface area contributed by atoms with E-state index < -0.39 is 23.8 Å². The van der Waals surface area contributed by atoms with E-state index >= 15 is 0 Å². The predicted octanol–water partition coefficient (Wildman–Crippen LogP) is 2.19. The van der Waals surface area contributed by atoms with Crippen LogP contribution < -0.4 is 25.4 Å². The van der Waals surface area contributed by atoms with Crippen LogP contribution >= 0.6 is 11.6 Å². The van der Waals surface area contributed by atoms with Gasteiger partial charge in [-0.15, -0.1) is 0 Å². The molecular formula is C21H18ClN3O6. The highest BCUT2D eigenvalue weighted by molar-refractivity contribution is 6.39. The number of rotatable bonds is 6. The summed E-state index contributed by atoms with van der Waals surface area (Å²) in [5.74, 6) is -1.77. The lowest BCUT2D eigenvalue weighted by molar-refractivity contribution is -0.123. The second-order valence-electron chi connectivity index (χ2n) is 6.56. The van der Waals surface area contributed by atoms with Crippen molar-refractivity contribution in [2.75, 3.05) is 18.6 Å². The van der Waals surface area contributed by atoms with Crippen LogP contribution in [0.25, 0.3) is 6.08 Å². The number of amides is 5. The molecule has 160 valence electrons. The number of hydrogen-bond acceptors (Lipinski definition) is 6. The molecule has 1 saturated heterocycles. The minimum absolute atomic E-state index is 0.226. The average Bonchev–Trinajstić information content (AvgIpc) is 2.72. The van der Waals surface area contributed by atoms with Gasteiger partial charge >= 0.3 is 6.03 Å². The third-order valence-electron chi connectivity index (χ3n) is 4.38. The lowest BCUT2D eigenvalue weighted by Gasteiger charge is -2.26. The normalized spacial score (nSPS) is 15.1. The summed E-state index contributed by atoms with van der Waals surface area (Å²) in [6, 6.07) is 8.37. The van der Waals surface area contributed by atoms with E-state index in [2.05, 4.69) is 5.32 Å². The summed E-state index contributed by atoms with van der Waals surface area (Å²) < 4.78 is 10.5. The van der Waals surface area contributed by atoms with Crippen molar-refractivity contribution >= 4 is 47.1 Å². The molecule has 9 nitrogen and oxygen atoms in total. The summed E-state index contributed by atoms with van der Waals surface area (Å²) in [4.78, 5) is 49.4. The van der Waals surface area contributed by atoms with Gasteiger partial charge in [-0.2, -0.15) is 0 Å². The number of methoxy groups -OCH3 is 1. The fourth-order valence-electron chi connectivity index (χ4n) is 2.82. The van der Waals surface area contributed by atoms with Gasteiger partial charge in [0.15, 0.2) is 18.1 Å². The van der Waals surface area contributed by atoms with Crippen LogP contribution in [0, 0.1) is 6.92 Å². The Hall–Kier alpha value is -3.85. The quantitative estimate of drug-likeness (QED) is 0.520. The topological polar surface area (TPSA) is 128 Å². The largest absolute Gasteiger partial charge is 0.493 e. The number of urea groups is 1. The molecule has 10 heteroatoms. The first-order chi connectivity index (χ1) is 14.7. The summed E-state index contributed by atoms with van der Waals surface area (Å²) in [5, 5.41) is 2.52. The number of aryl methyl sites for hydroxylation is 1. The van der Waals surface area contributed by atoms with E-state index in [1.807, 2.05) is 0 Å². The van der Waals surface area contributed by atoms with Gasteiger partial charge in [0.25, 0.3) is 17.7 Å². The Bertz CT molecular complexity index is 1130. The molecule has 1 fully saturated rings. The van der Waals surface area contributed by atoms with Crippen LogP contribution in [0.1, 0.15) is 11.1 Å².